The van der Waals surface area contributed by atoms with Crippen LogP contribution in [-0.2, 0) is 21.2 Å². The summed E-state index contributed by atoms with van der Waals surface area (Å²) in [5.41, 5.74) is 2.54. The maximum Gasteiger partial charge on any atom is 0.241 e. The van der Waals surface area contributed by atoms with Gasteiger partial charge in [0.1, 0.15) is 6.54 Å². The van der Waals surface area contributed by atoms with Crippen molar-refractivity contribution >= 4 is 33.2 Å². The Kier molecular flexibility index (Phi) is 6.67. The van der Waals surface area contributed by atoms with Crippen molar-refractivity contribution in [3.8, 4) is 0 Å². The third-order valence-corrected chi connectivity index (χ3v) is 5.42. The molecule has 2 aromatic rings. The number of carbonyl (C=O) groups is 1. The van der Waals surface area contributed by atoms with Crippen LogP contribution in [0.5, 0.6) is 0 Å². The molecule has 2 rings (SSSR count). The Morgan fingerprint density at radius 2 is 1.85 bits per heavy atom. The highest BCUT2D eigenvalue weighted by atomic mass is 35.5. The molecule has 0 heterocycles. The molecule has 0 aliphatic heterocycles. The molecule has 0 saturated carbocycles. The van der Waals surface area contributed by atoms with E-state index in [0.29, 0.717) is 10.7 Å². The number of nitrogens with zero attached hydrogens (tertiary/aromatic N) is 1. The number of carbonyl (C=O) groups excluding carboxylic acids is 1. The highest BCUT2D eigenvalue weighted by Gasteiger charge is 2.22. The van der Waals surface area contributed by atoms with Gasteiger partial charge in [0.15, 0.2) is 0 Å². The third-order valence-electron chi connectivity index (χ3n) is 4.05. The molecule has 0 bridgehead atoms. The number of nitrogens with one attached hydrogen (secondary N) is 1. The second-order valence-corrected chi connectivity index (χ2v) is 8.48. The second kappa shape index (κ2) is 8.56. The summed E-state index contributed by atoms with van der Waals surface area (Å²) < 4.78 is 25.3. The van der Waals surface area contributed by atoms with Crippen LogP contribution in [0.25, 0.3) is 0 Å². The van der Waals surface area contributed by atoms with Crippen LogP contribution in [0.1, 0.15) is 31.0 Å². The minimum atomic E-state index is -3.63. The monoisotopic (exact) mass is 394 g/mol. The molecule has 0 aromatic heterocycles. The highest BCUT2D eigenvalue weighted by molar-refractivity contribution is 7.92. The first kappa shape index (κ1) is 20.3. The lowest BCUT2D eigenvalue weighted by molar-refractivity contribution is -0.120. The van der Waals surface area contributed by atoms with Crippen molar-refractivity contribution in [3.05, 3.63) is 64.7 Å². The molecule has 0 saturated heterocycles. The van der Waals surface area contributed by atoms with Crippen molar-refractivity contribution in [3.63, 3.8) is 0 Å². The molecule has 2 aromatic carbocycles. The van der Waals surface area contributed by atoms with E-state index >= 15 is 0 Å². The van der Waals surface area contributed by atoms with E-state index < -0.39 is 10.0 Å². The van der Waals surface area contributed by atoms with Crippen molar-refractivity contribution < 1.29 is 13.2 Å². The summed E-state index contributed by atoms with van der Waals surface area (Å²) in [4.78, 5) is 12.4. The SMILES string of the molecule is CCc1ccc(C(C)NC(=O)CN(c2cccc(Cl)c2)S(C)(=O)=O)cc1. The zero-order valence-corrected chi connectivity index (χ0v) is 16.6. The van der Waals surface area contributed by atoms with Crippen molar-refractivity contribution in [1.29, 1.82) is 0 Å². The summed E-state index contributed by atoms with van der Waals surface area (Å²) >= 11 is 5.94. The summed E-state index contributed by atoms with van der Waals surface area (Å²) in [7, 11) is -3.63. The van der Waals surface area contributed by atoms with Crippen LogP contribution in [0.3, 0.4) is 0 Å². The number of hydrogen-bond acceptors (Lipinski definition) is 3. The summed E-state index contributed by atoms with van der Waals surface area (Å²) in [6.45, 7) is 3.63. The molecule has 5 nitrogen and oxygen atoms in total. The van der Waals surface area contributed by atoms with Crippen molar-refractivity contribution in [2.24, 2.45) is 0 Å². The standard InChI is InChI=1S/C19H23ClN2O3S/c1-4-15-8-10-16(11-9-15)14(2)21-19(23)13-22(26(3,24)25)18-7-5-6-17(20)12-18/h5-12,14H,4,13H2,1-3H3,(H,21,23). The summed E-state index contributed by atoms with van der Waals surface area (Å²) in [6, 6.07) is 14.2. The van der Waals surface area contributed by atoms with Crippen LogP contribution in [-0.4, -0.2) is 27.1 Å². The van der Waals surface area contributed by atoms with E-state index in [1.165, 1.54) is 11.6 Å². The predicted molar refractivity (Wildman–Crippen MR) is 106 cm³/mol. The second-order valence-electron chi connectivity index (χ2n) is 6.13. The quantitative estimate of drug-likeness (QED) is 0.780. The van der Waals surface area contributed by atoms with E-state index in [4.69, 9.17) is 11.6 Å². The van der Waals surface area contributed by atoms with E-state index in [1.54, 1.807) is 18.2 Å². The van der Waals surface area contributed by atoms with Crippen molar-refractivity contribution in [1.82, 2.24) is 5.32 Å². The first-order valence-electron chi connectivity index (χ1n) is 8.32. The Labute approximate surface area is 160 Å². The Hall–Kier alpha value is -2.05. The highest BCUT2D eigenvalue weighted by Crippen LogP contribution is 2.22. The lowest BCUT2D eigenvalue weighted by Gasteiger charge is -2.23. The number of aryl methyl sites for hydroxylation is 1. The molecule has 26 heavy (non-hydrogen) atoms. The maximum atomic E-state index is 12.4. The molecular formula is C19H23ClN2O3S. The van der Waals surface area contributed by atoms with E-state index in [-0.39, 0.29) is 18.5 Å². The van der Waals surface area contributed by atoms with Crippen LogP contribution in [0, 0.1) is 0 Å². The van der Waals surface area contributed by atoms with Gasteiger partial charge in [-0.25, -0.2) is 8.42 Å². The predicted octanol–water partition coefficient (Wildman–Crippen LogP) is 3.55. The zero-order chi connectivity index (χ0) is 19.3. The van der Waals surface area contributed by atoms with E-state index in [9.17, 15) is 13.2 Å². The summed E-state index contributed by atoms with van der Waals surface area (Å²) in [5, 5.41) is 3.25. The van der Waals surface area contributed by atoms with Gasteiger partial charge in [-0.1, -0.05) is 48.9 Å². The minimum Gasteiger partial charge on any atom is -0.348 e. The van der Waals surface area contributed by atoms with Crippen LogP contribution in [0.2, 0.25) is 5.02 Å². The first-order valence-corrected chi connectivity index (χ1v) is 10.5. The van der Waals surface area contributed by atoms with Gasteiger partial charge in [-0.3, -0.25) is 9.10 Å². The Balaban J connectivity index is 2.11. The molecule has 0 radical (unpaired) electrons. The van der Waals surface area contributed by atoms with Gasteiger partial charge in [-0.05, 0) is 42.7 Å². The number of anilines is 1. The first-order chi connectivity index (χ1) is 12.2. The molecule has 1 unspecified atom stereocenters. The number of benzene rings is 2. The third kappa shape index (κ3) is 5.47. The van der Waals surface area contributed by atoms with Crippen molar-refractivity contribution in [2.75, 3.05) is 17.1 Å². The number of hydrogen-bond donors (Lipinski definition) is 1. The topological polar surface area (TPSA) is 66.5 Å². The molecule has 7 heteroatoms. The fraction of sp³-hybridized carbons (Fsp3) is 0.316. The molecule has 140 valence electrons. The lowest BCUT2D eigenvalue weighted by atomic mass is 10.1. The largest absolute Gasteiger partial charge is 0.348 e. The molecule has 0 aliphatic carbocycles. The van der Waals surface area contributed by atoms with Crippen LogP contribution in [0.15, 0.2) is 48.5 Å². The fourth-order valence-corrected chi connectivity index (χ4v) is 3.61. The molecule has 0 spiro atoms. The molecule has 0 aliphatic rings. The van der Waals surface area contributed by atoms with Gasteiger partial charge in [0.05, 0.1) is 18.0 Å². The average molecular weight is 395 g/mol. The van der Waals surface area contributed by atoms with Crippen molar-refractivity contribution in [2.45, 2.75) is 26.3 Å². The Bertz CT molecular complexity index is 867. The van der Waals surface area contributed by atoms with Crippen LogP contribution < -0.4 is 9.62 Å². The smallest absolute Gasteiger partial charge is 0.241 e. The summed E-state index contributed by atoms with van der Waals surface area (Å²) in [5.74, 6) is -0.387. The lowest BCUT2D eigenvalue weighted by Crippen LogP contribution is -2.41. The molecule has 1 atom stereocenters. The van der Waals surface area contributed by atoms with Crippen LogP contribution >= 0.6 is 11.6 Å². The number of amides is 1. The Morgan fingerprint density at radius 3 is 2.38 bits per heavy atom. The van der Waals surface area contributed by atoms with E-state index in [0.717, 1.165) is 22.5 Å². The zero-order valence-electron chi connectivity index (χ0n) is 15.1. The van der Waals surface area contributed by atoms with E-state index in [1.807, 2.05) is 31.2 Å². The molecule has 1 amide bonds. The van der Waals surface area contributed by atoms with Gasteiger partial charge < -0.3 is 5.32 Å². The van der Waals surface area contributed by atoms with Gasteiger partial charge in [-0.15, -0.1) is 0 Å². The van der Waals surface area contributed by atoms with Gasteiger partial charge in [0.25, 0.3) is 0 Å². The van der Waals surface area contributed by atoms with Crippen LogP contribution in [0.4, 0.5) is 5.69 Å². The minimum absolute atomic E-state index is 0.228. The fourth-order valence-electron chi connectivity index (χ4n) is 2.57. The average Bonchev–Trinajstić information content (AvgIpc) is 2.58. The van der Waals surface area contributed by atoms with E-state index in [2.05, 4.69) is 12.2 Å². The number of halogens is 1. The normalized spacial score (nSPS) is 12.5. The summed E-state index contributed by atoms with van der Waals surface area (Å²) in [6.07, 6.45) is 2.01. The van der Waals surface area contributed by atoms with Gasteiger partial charge in [0, 0.05) is 5.02 Å². The number of sulfonamides is 1. The number of rotatable bonds is 7. The van der Waals surface area contributed by atoms with Gasteiger partial charge in [0.2, 0.25) is 15.9 Å². The molecule has 1 N–H and O–H groups in total. The molecule has 0 fully saturated rings. The van der Waals surface area contributed by atoms with Gasteiger partial charge in [-0.2, -0.15) is 0 Å². The van der Waals surface area contributed by atoms with Gasteiger partial charge >= 0.3 is 0 Å². The molecular weight excluding hydrogens is 372 g/mol. The Morgan fingerprint density at radius 1 is 1.19 bits per heavy atom. The maximum absolute atomic E-state index is 12.4.